The number of carbonyl (C=O) groups is 1. The van der Waals surface area contributed by atoms with Gasteiger partial charge in [0, 0.05) is 25.3 Å². The Morgan fingerprint density at radius 2 is 1.74 bits per heavy atom. The summed E-state index contributed by atoms with van der Waals surface area (Å²) in [5, 5.41) is 0. The molecule has 31 heavy (non-hydrogen) atoms. The molecule has 166 valence electrons. The van der Waals surface area contributed by atoms with E-state index in [-0.39, 0.29) is 12.3 Å². The van der Waals surface area contributed by atoms with E-state index < -0.39 is 10.0 Å². The number of amides is 1. The molecule has 0 bridgehead atoms. The van der Waals surface area contributed by atoms with Gasteiger partial charge in [-0.25, -0.2) is 8.42 Å². The van der Waals surface area contributed by atoms with Gasteiger partial charge in [-0.2, -0.15) is 4.31 Å². The van der Waals surface area contributed by atoms with Crippen molar-refractivity contribution in [1.82, 2.24) is 4.31 Å². The maximum Gasteiger partial charge on any atom is 0.243 e. The number of anilines is 1. The number of carbonyl (C=O) groups excluding carboxylic acids is 1. The molecule has 7 heteroatoms. The molecule has 1 fully saturated rings. The number of sulfonamides is 1. The van der Waals surface area contributed by atoms with E-state index in [9.17, 15) is 13.2 Å². The number of hydrogen-bond acceptors (Lipinski definition) is 4. The summed E-state index contributed by atoms with van der Waals surface area (Å²) in [4.78, 5) is 15.0. The molecular formula is C24H30N2O4S. The lowest BCUT2D eigenvalue weighted by atomic mass is 10.0. The number of ether oxygens (including phenoxy) is 1. The Kier molecular flexibility index (Phi) is 6.34. The van der Waals surface area contributed by atoms with Crippen LogP contribution in [0.5, 0.6) is 5.75 Å². The predicted molar refractivity (Wildman–Crippen MR) is 121 cm³/mol. The van der Waals surface area contributed by atoms with Crippen LogP contribution in [-0.2, 0) is 21.2 Å². The smallest absolute Gasteiger partial charge is 0.243 e. The fourth-order valence-corrected chi connectivity index (χ4v) is 5.83. The third kappa shape index (κ3) is 4.62. The molecule has 0 aliphatic carbocycles. The number of hydrogen-bond donors (Lipinski definition) is 0. The van der Waals surface area contributed by atoms with Gasteiger partial charge in [0.2, 0.25) is 15.9 Å². The number of aryl methyl sites for hydroxylation is 3. The molecular weight excluding hydrogens is 412 g/mol. The van der Waals surface area contributed by atoms with Gasteiger partial charge in [-0.3, -0.25) is 4.79 Å². The van der Waals surface area contributed by atoms with Crippen molar-refractivity contribution in [3.8, 4) is 5.75 Å². The summed E-state index contributed by atoms with van der Waals surface area (Å²) in [5.74, 6) is 0.770. The van der Waals surface area contributed by atoms with E-state index in [1.165, 1.54) is 5.56 Å². The third-order valence-electron chi connectivity index (χ3n) is 6.24. The molecule has 2 aliphatic heterocycles. The maximum atomic E-state index is 12.9. The lowest BCUT2D eigenvalue weighted by Gasteiger charge is -2.30. The van der Waals surface area contributed by atoms with E-state index in [2.05, 4.69) is 6.92 Å². The summed E-state index contributed by atoms with van der Waals surface area (Å²) >= 11 is 0. The highest BCUT2D eigenvalue weighted by Crippen LogP contribution is 2.31. The minimum atomic E-state index is -3.45. The summed E-state index contributed by atoms with van der Waals surface area (Å²) in [5.41, 5.74) is 4.12. The molecule has 2 heterocycles. The van der Waals surface area contributed by atoms with E-state index >= 15 is 0 Å². The highest BCUT2D eigenvalue weighted by atomic mass is 32.2. The first-order valence-corrected chi connectivity index (χ1v) is 12.4. The Labute approximate surface area is 184 Å². The Morgan fingerprint density at radius 3 is 2.48 bits per heavy atom. The molecule has 0 atom stereocenters. The van der Waals surface area contributed by atoms with E-state index in [1.54, 1.807) is 27.4 Å². The molecule has 0 unspecified atom stereocenters. The zero-order valence-corrected chi connectivity index (χ0v) is 19.1. The Hall–Kier alpha value is -2.38. The van der Waals surface area contributed by atoms with Crippen molar-refractivity contribution in [2.45, 2.75) is 50.8 Å². The summed E-state index contributed by atoms with van der Waals surface area (Å²) in [6, 6.07) is 11.1. The fraction of sp³-hybridized carbons (Fsp3) is 0.458. The Morgan fingerprint density at radius 1 is 0.968 bits per heavy atom. The second-order valence-corrected chi connectivity index (χ2v) is 10.3. The van der Waals surface area contributed by atoms with Crippen LogP contribution in [0.2, 0.25) is 0 Å². The Bertz CT molecular complexity index is 1070. The van der Waals surface area contributed by atoms with Gasteiger partial charge in [0.25, 0.3) is 0 Å². The van der Waals surface area contributed by atoms with Gasteiger partial charge in [0.15, 0.2) is 0 Å². The van der Waals surface area contributed by atoms with Crippen molar-refractivity contribution in [3.05, 3.63) is 53.1 Å². The first kappa shape index (κ1) is 21.8. The predicted octanol–water partition coefficient (Wildman–Crippen LogP) is 3.84. The van der Waals surface area contributed by atoms with Crippen LogP contribution in [0.15, 0.2) is 41.3 Å². The number of benzene rings is 2. The van der Waals surface area contributed by atoms with Crippen LogP contribution in [0.1, 0.15) is 42.4 Å². The van der Waals surface area contributed by atoms with Gasteiger partial charge in [-0.05, 0) is 86.6 Å². The van der Waals surface area contributed by atoms with Crippen LogP contribution in [0.4, 0.5) is 5.69 Å². The number of fused-ring (bicyclic) bond motifs is 1. The monoisotopic (exact) mass is 442 g/mol. The highest BCUT2D eigenvalue weighted by Gasteiger charge is 2.29. The topological polar surface area (TPSA) is 66.9 Å². The maximum absolute atomic E-state index is 12.9. The molecule has 6 nitrogen and oxygen atoms in total. The first-order valence-electron chi connectivity index (χ1n) is 11.0. The quantitative estimate of drug-likeness (QED) is 0.682. The lowest BCUT2D eigenvalue weighted by molar-refractivity contribution is -0.119. The lowest BCUT2D eigenvalue weighted by Crippen LogP contribution is -2.36. The molecule has 0 aromatic heterocycles. The SMILES string of the molecule is Cc1ccc(OCCC(=O)N2CCCc3cc(S(=O)(=O)N4CCCC4)ccc32)cc1C. The van der Waals surface area contributed by atoms with Crippen LogP contribution < -0.4 is 9.64 Å². The third-order valence-corrected chi connectivity index (χ3v) is 8.13. The second-order valence-electron chi connectivity index (χ2n) is 8.40. The molecule has 4 rings (SSSR count). The van der Waals surface area contributed by atoms with Gasteiger partial charge in [-0.1, -0.05) is 6.07 Å². The summed E-state index contributed by atoms with van der Waals surface area (Å²) < 4.78 is 33.1. The zero-order valence-electron chi connectivity index (χ0n) is 18.3. The summed E-state index contributed by atoms with van der Waals surface area (Å²) in [7, 11) is -3.45. The van der Waals surface area contributed by atoms with Crippen molar-refractivity contribution < 1.29 is 17.9 Å². The van der Waals surface area contributed by atoms with E-state index in [0.717, 1.165) is 48.2 Å². The first-order chi connectivity index (χ1) is 14.9. The minimum Gasteiger partial charge on any atom is -0.493 e. The molecule has 0 saturated carbocycles. The van der Waals surface area contributed by atoms with Crippen LogP contribution >= 0.6 is 0 Å². The van der Waals surface area contributed by atoms with Crippen LogP contribution in [0.25, 0.3) is 0 Å². The summed E-state index contributed by atoms with van der Waals surface area (Å²) in [6.07, 6.45) is 3.71. The minimum absolute atomic E-state index is 0.0000614. The van der Waals surface area contributed by atoms with Crippen molar-refractivity contribution in [1.29, 1.82) is 0 Å². The van der Waals surface area contributed by atoms with Gasteiger partial charge < -0.3 is 9.64 Å². The van der Waals surface area contributed by atoms with Crippen molar-refractivity contribution in [2.24, 2.45) is 0 Å². The van der Waals surface area contributed by atoms with Crippen molar-refractivity contribution >= 4 is 21.6 Å². The van der Waals surface area contributed by atoms with Crippen molar-refractivity contribution in [2.75, 3.05) is 31.1 Å². The zero-order chi connectivity index (χ0) is 22.0. The van der Waals surface area contributed by atoms with Gasteiger partial charge in [0.05, 0.1) is 17.9 Å². The molecule has 0 radical (unpaired) electrons. The standard InChI is InChI=1S/C24H30N2O4S/c1-18-7-8-21(16-19(18)2)30-15-11-24(27)26-14-5-6-20-17-22(9-10-23(20)26)31(28,29)25-12-3-4-13-25/h7-10,16-17H,3-6,11-15H2,1-2H3. The Balaban J connectivity index is 1.43. The molecule has 1 saturated heterocycles. The van der Waals surface area contributed by atoms with E-state index in [0.29, 0.717) is 31.1 Å². The molecule has 0 spiro atoms. The highest BCUT2D eigenvalue weighted by molar-refractivity contribution is 7.89. The normalized spacial score (nSPS) is 16.9. The largest absolute Gasteiger partial charge is 0.493 e. The second kappa shape index (κ2) is 9.01. The average Bonchev–Trinajstić information content (AvgIpc) is 3.31. The number of nitrogens with zero attached hydrogens (tertiary/aromatic N) is 2. The molecule has 2 aliphatic rings. The van der Waals surface area contributed by atoms with E-state index in [4.69, 9.17) is 4.74 Å². The molecule has 1 amide bonds. The molecule has 2 aromatic rings. The van der Waals surface area contributed by atoms with Crippen LogP contribution in [0.3, 0.4) is 0 Å². The molecule has 0 N–H and O–H groups in total. The van der Waals surface area contributed by atoms with Crippen LogP contribution in [-0.4, -0.2) is 44.9 Å². The fourth-order valence-electron chi connectivity index (χ4n) is 4.27. The van der Waals surface area contributed by atoms with Gasteiger partial charge in [0.1, 0.15) is 5.75 Å². The number of rotatable bonds is 6. The average molecular weight is 443 g/mol. The van der Waals surface area contributed by atoms with Crippen molar-refractivity contribution in [3.63, 3.8) is 0 Å². The summed E-state index contributed by atoms with van der Waals surface area (Å²) in [6.45, 7) is 6.23. The van der Waals surface area contributed by atoms with Gasteiger partial charge >= 0.3 is 0 Å². The van der Waals surface area contributed by atoms with Crippen LogP contribution in [0, 0.1) is 13.8 Å². The van der Waals surface area contributed by atoms with E-state index in [1.807, 2.05) is 25.1 Å². The molecule has 2 aromatic carbocycles. The van der Waals surface area contributed by atoms with Gasteiger partial charge in [-0.15, -0.1) is 0 Å².